The summed E-state index contributed by atoms with van der Waals surface area (Å²) in [5.74, 6) is 0.277. The standard InChI is InChI=1S/C26H31N3O2/c30-25(28-15-7-11-19-8-4-5-14-24(19)28)18-29-22-12-6-13-23(29)17-21(16-22)27-26(31)20-9-2-1-3-10-20/h1-5,8-10,14,21-23H,6-7,11-13,15-18H2,(H,27,31)/p+1/t22-,23-/m1/s1. The molecule has 31 heavy (non-hydrogen) atoms. The van der Waals surface area contributed by atoms with Gasteiger partial charge in [-0.15, -0.1) is 0 Å². The smallest absolute Gasteiger partial charge is 0.282 e. The van der Waals surface area contributed by atoms with E-state index in [4.69, 9.17) is 0 Å². The first kappa shape index (κ1) is 20.3. The molecule has 2 amide bonds. The van der Waals surface area contributed by atoms with Gasteiger partial charge in [0.15, 0.2) is 6.54 Å². The first-order chi connectivity index (χ1) is 15.2. The minimum Gasteiger partial charge on any atom is -0.349 e. The van der Waals surface area contributed by atoms with E-state index in [0.717, 1.165) is 56.3 Å². The zero-order chi connectivity index (χ0) is 21.2. The van der Waals surface area contributed by atoms with E-state index in [1.807, 2.05) is 41.3 Å². The van der Waals surface area contributed by atoms with Crippen molar-refractivity contribution in [3.63, 3.8) is 0 Å². The molecule has 3 aliphatic heterocycles. The molecule has 2 aromatic rings. The summed E-state index contributed by atoms with van der Waals surface area (Å²) in [6, 6.07) is 18.9. The Kier molecular flexibility index (Phi) is 5.77. The largest absolute Gasteiger partial charge is 0.349 e. The van der Waals surface area contributed by atoms with Crippen LogP contribution in [0.2, 0.25) is 0 Å². The molecule has 0 saturated carbocycles. The van der Waals surface area contributed by atoms with Gasteiger partial charge in [-0.2, -0.15) is 0 Å². The monoisotopic (exact) mass is 418 g/mol. The number of nitrogens with one attached hydrogen (secondary N) is 2. The van der Waals surface area contributed by atoms with Gasteiger partial charge in [-0.25, -0.2) is 0 Å². The Morgan fingerprint density at radius 3 is 2.42 bits per heavy atom. The highest BCUT2D eigenvalue weighted by atomic mass is 16.2. The molecular formula is C26H32N3O2+. The quantitative estimate of drug-likeness (QED) is 0.801. The van der Waals surface area contributed by atoms with Gasteiger partial charge in [0.25, 0.3) is 11.8 Å². The van der Waals surface area contributed by atoms with E-state index in [9.17, 15) is 9.59 Å². The van der Waals surface area contributed by atoms with Crippen LogP contribution in [0.15, 0.2) is 54.6 Å². The number of carbonyl (C=O) groups excluding carboxylic acids is 2. The molecule has 162 valence electrons. The normalized spacial score (nSPS) is 27.3. The first-order valence-electron chi connectivity index (χ1n) is 11.8. The van der Waals surface area contributed by atoms with Crippen LogP contribution in [-0.2, 0) is 11.2 Å². The molecule has 2 fully saturated rings. The van der Waals surface area contributed by atoms with Crippen molar-refractivity contribution in [3.8, 4) is 0 Å². The van der Waals surface area contributed by atoms with Crippen LogP contribution in [0, 0.1) is 0 Å². The lowest BCUT2D eigenvalue weighted by Crippen LogP contribution is -3.22. The number of hydrogen-bond donors (Lipinski definition) is 2. The van der Waals surface area contributed by atoms with Crippen LogP contribution < -0.4 is 15.1 Å². The summed E-state index contributed by atoms with van der Waals surface area (Å²) in [6.45, 7) is 1.40. The molecule has 0 radical (unpaired) electrons. The van der Waals surface area contributed by atoms with E-state index in [1.165, 1.54) is 16.9 Å². The zero-order valence-electron chi connectivity index (χ0n) is 18.1. The summed E-state index contributed by atoms with van der Waals surface area (Å²) in [7, 11) is 0. The maximum absolute atomic E-state index is 13.3. The molecule has 0 aromatic heterocycles. The van der Waals surface area contributed by atoms with Crippen molar-refractivity contribution in [2.45, 2.75) is 63.1 Å². The predicted molar refractivity (Wildman–Crippen MR) is 121 cm³/mol. The van der Waals surface area contributed by atoms with Crippen LogP contribution in [0.4, 0.5) is 5.69 Å². The van der Waals surface area contributed by atoms with Crippen molar-refractivity contribution in [1.82, 2.24) is 5.32 Å². The molecule has 2 aromatic carbocycles. The first-order valence-corrected chi connectivity index (χ1v) is 11.8. The van der Waals surface area contributed by atoms with Crippen LogP contribution in [0.25, 0.3) is 0 Å². The molecule has 5 rings (SSSR count). The maximum atomic E-state index is 13.3. The van der Waals surface area contributed by atoms with Crippen molar-refractivity contribution in [3.05, 3.63) is 65.7 Å². The lowest BCUT2D eigenvalue weighted by Gasteiger charge is -2.46. The summed E-state index contributed by atoms with van der Waals surface area (Å²) in [6.07, 6.45) is 7.56. The third-order valence-corrected chi connectivity index (χ3v) is 7.43. The van der Waals surface area contributed by atoms with Crippen molar-refractivity contribution in [2.75, 3.05) is 18.0 Å². The fourth-order valence-electron chi connectivity index (χ4n) is 5.96. The van der Waals surface area contributed by atoms with E-state index < -0.39 is 0 Å². The van der Waals surface area contributed by atoms with Gasteiger partial charge in [0.05, 0.1) is 12.1 Å². The van der Waals surface area contributed by atoms with E-state index >= 15 is 0 Å². The number of fused-ring (bicyclic) bond motifs is 3. The fraction of sp³-hybridized carbons (Fsp3) is 0.462. The molecule has 2 atom stereocenters. The van der Waals surface area contributed by atoms with Gasteiger partial charge in [-0.05, 0) is 55.9 Å². The molecule has 3 aliphatic rings. The highest BCUT2D eigenvalue weighted by Gasteiger charge is 2.43. The number of nitrogens with zero attached hydrogens (tertiary/aromatic N) is 1. The van der Waals surface area contributed by atoms with E-state index in [0.29, 0.717) is 18.6 Å². The molecule has 0 unspecified atom stereocenters. The third-order valence-electron chi connectivity index (χ3n) is 7.43. The molecule has 2 bridgehead atoms. The molecule has 0 spiro atoms. The second-order valence-electron chi connectivity index (χ2n) is 9.36. The predicted octanol–water partition coefficient (Wildman–Crippen LogP) is 2.36. The summed E-state index contributed by atoms with van der Waals surface area (Å²) < 4.78 is 0. The number of piperidine rings is 2. The SMILES string of the molecule is O=C(NC1C[C@H]2CCC[C@H](C1)[NH+]2CC(=O)N1CCCc2ccccc21)c1ccccc1. The summed E-state index contributed by atoms with van der Waals surface area (Å²) in [5, 5.41) is 3.27. The van der Waals surface area contributed by atoms with Crippen molar-refractivity contribution in [2.24, 2.45) is 0 Å². The molecule has 2 N–H and O–H groups in total. The number of rotatable bonds is 4. The molecule has 0 aliphatic carbocycles. The van der Waals surface area contributed by atoms with Crippen molar-refractivity contribution in [1.29, 1.82) is 0 Å². The Bertz CT molecular complexity index is 931. The average Bonchev–Trinajstić information content (AvgIpc) is 2.79. The number of aryl methyl sites for hydroxylation is 1. The van der Waals surface area contributed by atoms with E-state index in [-0.39, 0.29) is 17.9 Å². The van der Waals surface area contributed by atoms with Gasteiger partial charge in [0.1, 0.15) is 0 Å². The Balaban J connectivity index is 1.25. The summed E-state index contributed by atoms with van der Waals surface area (Å²) >= 11 is 0. The number of quaternary nitrogens is 1. The van der Waals surface area contributed by atoms with E-state index in [2.05, 4.69) is 23.5 Å². The highest BCUT2D eigenvalue weighted by Crippen LogP contribution is 2.27. The minimum atomic E-state index is 0.0214. The van der Waals surface area contributed by atoms with Crippen LogP contribution >= 0.6 is 0 Å². The van der Waals surface area contributed by atoms with Gasteiger partial charge in [0.2, 0.25) is 0 Å². The Labute approximate surface area is 184 Å². The molecule has 3 heterocycles. The third kappa shape index (κ3) is 4.24. The number of carbonyl (C=O) groups is 2. The minimum absolute atomic E-state index is 0.0214. The second-order valence-corrected chi connectivity index (χ2v) is 9.36. The molecular weight excluding hydrogens is 386 g/mol. The maximum Gasteiger partial charge on any atom is 0.282 e. The Morgan fingerprint density at radius 2 is 1.65 bits per heavy atom. The second kappa shape index (κ2) is 8.83. The van der Waals surface area contributed by atoms with Gasteiger partial charge in [-0.1, -0.05) is 36.4 Å². The van der Waals surface area contributed by atoms with Gasteiger partial charge >= 0.3 is 0 Å². The van der Waals surface area contributed by atoms with Gasteiger partial charge in [-0.3, -0.25) is 9.59 Å². The molecule has 2 saturated heterocycles. The summed E-state index contributed by atoms with van der Waals surface area (Å²) in [4.78, 5) is 29.4. The number of para-hydroxylation sites is 1. The van der Waals surface area contributed by atoms with Gasteiger partial charge < -0.3 is 15.1 Å². The topological polar surface area (TPSA) is 53.9 Å². The van der Waals surface area contributed by atoms with E-state index in [1.54, 1.807) is 0 Å². The fourth-order valence-corrected chi connectivity index (χ4v) is 5.96. The lowest BCUT2D eigenvalue weighted by molar-refractivity contribution is -0.953. The number of benzene rings is 2. The number of amides is 2. The zero-order valence-corrected chi connectivity index (χ0v) is 18.1. The highest BCUT2D eigenvalue weighted by molar-refractivity contribution is 5.95. The average molecular weight is 419 g/mol. The lowest BCUT2D eigenvalue weighted by atomic mass is 9.81. The Hall–Kier alpha value is -2.66. The Morgan fingerprint density at radius 1 is 0.935 bits per heavy atom. The van der Waals surface area contributed by atoms with Crippen molar-refractivity contribution >= 4 is 17.5 Å². The van der Waals surface area contributed by atoms with Crippen LogP contribution in [0.1, 0.15) is 54.4 Å². The molecule has 5 heteroatoms. The number of anilines is 1. The molecule has 5 nitrogen and oxygen atoms in total. The van der Waals surface area contributed by atoms with Crippen LogP contribution in [-0.4, -0.2) is 43.0 Å². The van der Waals surface area contributed by atoms with Gasteiger partial charge in [0, 0.05) is 36.7 Å². The van der Waals surface area contributed by atoms with Crippen LogP contribution in [0.3, 0.4) is 0 Å². The summed E-state index contributed by atoms with van der Waals surface area (Å²) in [5.41, 5.74) is 3.12. The van der Waals surface area contributed by atoms with Crippen molar-refractivity contribution < 1.29 is 14.5 Å². The number of hydrogen-bond acceptors (Lipinski definition) is 2. The van der Waals surface area contributed by atoms with Crippen LogP contribution in [0.5, 0.6) is 0 Å².